The molecule has 0 aromatic rings. The summed E-state index contributed by atoms with van der Waals surface area (Å²) in [4.78, 5) is 34.3. The summed E-state index contributed by atoms with van der Waals surface area (Å²) in [6.07, 6.45) is 26.6. The van der Waals surface area contributed by atoms with Gasteiger partial charge >= 0.3 is 19.8 Å². The maximum absolute atomic E-state index is 12.3. The second kappa shape index (κ2) is 33.5. The maximum atomic E-state index is 12.3. The van der Waals surface area contributed by atoms with Crippen LogP contribution in [0.3, 0.4) is 0 Å². The Morgan fingerprint density at radius 3 is 1.00 bits per heavy atom. The summed E-state index contributed by atoms with van der Waals surface area (Å²) in [6.45, 7) is 2.19. The van der Waals surface area contributed by atoms with E-state index < -0.39 is 58.4 Å². The number of aliphatic hydroxyl groups excluding tert-OH is 2. The van der Waals surface area contributed by atoms with E-state index in [1.807, 2.05) is 0 Å². The number of hydrogen-bond donors (Lipinski definition) is 3. The fraction of sp³-hybridized carbons (Fsp3) is 0.944. The van der Waals surface area contributed by atoms with E-state index in [4.69, 9.17) is 18.5 Å². The number of carbonyl (C=O) groups excluding carboxylic acids is 2. The molecule has 0 spiro atoms. The Bertz CT molecular complexity index is 766. The molecule has 0 rings (SSSR count). The number of phosphoric ester groups is 1. The molecule has 0 aromatic carbocycles. The number of phosphoric acid groups is 1. The van der Waals surface area contributed by atoms with E-state index in [2.05, 4.69) is 13.8 Å². The van der Waals surface area contributed by atoms with Gasteiger partial charge in [0.05, 0.1) is 26.4 Å². The van der Waals surface area contributed by atoms with Gasteiger partial charge in [-0.15, -0.1) is 0 Å². The van der Waals surface area contributed by atoms with Crippen LogP contribution in [-0.4, -0.2) is 65.7 Å². The van der Waals surface area contributed by atoms with E-state index in [0.717, 1.165) is 38.5 Å². The van der Waals surface area contributed by atoms with Crippen LogP contribution in [0.15, 0.2) is 0 Å². The normalized spacial score (nSPS) is 14.1. The van der Waals surface area contributed by atoms with Gasteiger partial charge in [0.25, 0.3) is 0 Å². The number of carbonyl (C=O) groups is 2. The molecule has 0 radical (unpaired) electrons. The smallest absolute Gasteiger partial charge is 0.457 e. The van der Waals surface area contributed by atoms with Gasteiger partial charge in [-0.3, -0.25) is 18.6 Å². The Labute approximate surface area is 286 Å². The van der Waals surface area contributed by atoms with Crippen LogP contribution in [0.25, 0.3) is 0 Å². The molecule has 11 heteroatoms. The van der Waals surface area contributed by atoms with Crippen molar-refractivity contribution in [3.8, 4) is 0 Å². The van der Waals surface area contributed by atoms with Crippen LogP contribution in [0.5, 0.6) is 0 Å². The van der Waals surface area contributed by atoms with Gasteiger partial charge in [-0.05, 0) is 12.8 Å². The molecule has 0 aliphatic carbocycles. The summed E-state index contributed by atoms with van der Waals surface area (Å²) >= 11 is 0. The highest BCUT2D eigenvalue weighted by atomic mass is 31.2. The Balaban J connectivity index is 3.94. The van der Waals surface area contributed by atoms with E-state index in [0.29, 0.717) is 12.8 Å². The number of esters is 2. The maximum Gasteiger partial charge on any atom is 0.472 e. The lowest BCUT2D eigenvalue weighted by molar-refractivity contribution is -0.153. The first-order chi connectivity index (χ1) is 22.8. The van der Waals surface area contributed by atoms with Gasteiger partial charge in [0.1, 0.15) is 12.2 Å². The molecular formula is C36H71O10P. The molecule has 0 saturated heterocycles. The van der Waals surface area contributed by atoms with Crippen LogP contribution in [0, 0.1) is 0 Å². The van der Waals surface area contributed by atoms with Crippen LogP contribution in [0.1, 0.15) is 181 Å². The van der Waals surface area contributed by atoms with E-state index in [1.54, 1.807) is 0 Å². The second-order valence-corrected chi connectivity index (χ2v) is 14.4. The van der Waals surface area contributed by atoms with Crippen molar-refractivity contribution in [1.82, 2.24) is 0 Å². The van der Waals surface area contributed by atoms with Crippen LogP contribution < -0.4 is 0 Å². The third-order valence-corrected chi connectivity index (χ3v) is 9.27. The summed E-state index contributed by atoms with van der Waals surface area (Å²) < 4.78 is 32.4. The van der Waals surface area contributed by atoms with Crippen molar-refractivity contribution < 1.29 is 47.8 Å². The molecular weight excluding hydrogens is 623 g/mol. The molecule has 0 bridgehead atoms. The number of rotatable bonds is 36. The molecule has 0 fully saturated rings. The van der Waals surface area contributed by atoms with Gasteiger partial charge in [0, 0.05) is 12.8 Å². The standard InChI is InChI=1S/C36H71O10P/c1-3-5-7-9-11-13-14-15-16-17-18-20-22-24-26-28-36(40)46-34(30-38)32-44-47(41,42)43-31-33(29-37)45-35(39)27-25-23-21-19-12-10-8-6-4-2/h33-34,37-38H,3-32H2,1-2H3,(H,41,42). The van der Waals surface area contributed by atoms with E-state index in [-0.39, 0.29) is 12.8 Å². The molecule has 0 aromatic heterocycles. The summed E-state index contributed by atoms with van der Waals surface area (Å²) in [7, 11) is -4.62. The summed E-state index contributed by atoms with van der Waals surface area (Å²) in [6, 6.07) is 0. The van der Waals surface area contributed by atoms with Crippen LogP contribution in [-0.2, 0) is 32.7 Å². The Morgan fingerprint density at radius 1 is 0.489 bits per heavy atom. The van der Waals surface area contributed by atoms with E-state index >= 15 is 0 Å². The molecule has 0 aliphatic rings. The highest BCUT2D eigenvalue weighted by Crippen LogP contribution is 2.43. The molecule has 0 amide bonds. The highest BCUT2D eigenvalue weighted by Gasteiger charge is 2.27. The average Bonchev–Trinajstić information content (AvgIpc) is 3.05. The van der Waals surface area contributed by atoms with Crippen LogP contribution in [0.2, 0.25) is 0 Å². The van der Waals surface area contributed by atoms with Crippen molar-refractivity contribution in [1.29, 1.82) is 0 Å². The van der Waals surface area contributed by atoms with Gasteiger partial charge in [0.2, 0.25) is 0 Å². The van der Waals surface area contributed by atoms with Gasteiger partial charge < -0.3 is 24.6 Å². The van der Waals surface area contributed by atoms with Gasteiger partial charge in [0.15, 0.2) is 0 Å². The van der Waals surface area contributed by atoms with E-state index in [1.165, 1.54) is 103 Å². The van der Waals surface area contributed by atoms with Crippen LogP contribution >= 0.6 is 7.82 Å². The van der Waals surface area contributed by atoms with Crippen molar-refractivity contribution in [3.05, 3.63) is 0 Å². The lowest BCUT2D eigenvalue weighted by Crippen LogP contribution is -2.28. The van der Waals surface area contributed by atoms with Gasteiger partial charge in [-0.25, -0.2) is 4.57 Å². The summed E-state index contributed by atoms with van der Waals surface area (Å²) in [5.41, 5.74) is 0. The van der Waals surface area contributed by atoms with Crippen molar-refractivity contribution in [2.75, 3.05) is 26.4 Å². The first-order valence-corrected chi connectivity index (χ1v) is 20.5. The number of hydrogen-bond acceptors (Lipinski definition) is 9. The lowest BCUT2D eigenvalue weighted by atomic mass is 10.0. The third kappa shape index (κ3) is 32.0. The number of ether oxygens (including phenoxy) is 2. The largest absolute Gasteiger partial charge is 0.472 e. The van der Waals surface area contributed by atoms with Crippen molar-refractivity contribution >= 4 is 19.8 Å². The SMILES string of the molecule is CCCCCCCCCCCCCCCCCC(=O)OC(CO)COP(=O)(O)OCC(CO)OC(=O)CCCCCCCCCCC. The van der Waals surface area contributed by atoms with Crippen molar-refractivity contribution in [2.24, 2.45) is 0 Å². The molecule has 0 heterocycles. The van der Waals surface area contributed by atoms with Gasteiger partial charge in [-0.2, -0.15) is 0 Å². The molecule has 0 aliphatic heterocycles. The molecule has 10 nitrogen and oxygen atoms in total. The van der Waals surface area contributed by atoms with Crippen molar-refractivity contribution in [3.63, 3.8) is 0 Å². The second-order valence-electron chi connectivity index (χ2n) is 12.9. The predicted octanol–water partition coefficient (Wildman–Crippen LogP) is 9.11. The van der Waals surface area contributed by atoms with Gasteiger partial charge in [-0.1, -0.05) is 155 Å². The minimum Gasteiger partial charge on any atom is -0.457 e. The Kier molecular flexibility index (Phi) is 32.7. The molecule has 3 unspecified atom stereocenters. The predicted molar refractivity (Wildman–Crippen MR) is 187 cm³/mol. The number of aliphatic hydroxyl groups is 2. The first kappa shape index (κ1) is 46.0. The Hall–Kier alpha value is -1.03. The monoisotopic (exact) mass is 694 g/mol. The minimum atomic E-state index is -4.62. The molecule has 0 saturated carbocycles. The van der Waals surface area contributed by atoms with Crippen LogP contribution in [0.4, 0.5) is 0 Å². The zero-order chi connectivity index (χ0) is 34.9. The Morgan fingerprint density at radius 2 is 0.745 bits per heavy atom. The zero-order valence-electron chi connectivity index (χ0n) is 30.0. The summed E-state index contributed by atoms with van der Waals surface area (Å²) in [5, 5.41) is 19.0. The molecule has 3 N–H and O–H groups in total. The lowest BCUT2D eigenvalue weighted by Gasteiger charge is -2.20. The molecule has 280 valence electrons. The van der Waals surface area contributed by atoms with E-state index in [9.17, 15) is 29.3 Å². The fourth-order valence-electron chi connectivity index (χ4n) is 5.35. The quantitative estimate of drug-likeness (QED) is 0.0329. The number of unbranched alkanes of at least 4 members (excludes halogenated alkanes) is 22. The molecule has 3 atom stereocenters. The minimum absolute atomic E-state index is 0.197. The highest BCUT2D eigenvalue weighted by molar-refractivity contribution is 7.47. The zero-order valence-corrected chi connectivity index (χ0v) is 30.9. The topological polar surface area (TPSA) is 149 Å². The average molecular weight is 695 g/mol. The van der Waals surface area contributed by atoms with Crippen molar-refractivity contribution in [2.45, 2.75) is 193 Å². The molecule has 47 heavy (non-hydrogen) atoms. The fourth-order valence-corrected chi connectivity index (χ4v) is 6.13. The first-order valence-electron chi connectivity index (χ1n) is 19.0. The summed E-state index contributed by atoms with van der Waals surface area (Å²) in [5.74, 6) is -1.01. The third-order valence-electron chi connectivity index (χ3n) is 8.32.